The predicted molar refractivity (Wildman–Crippen MR) is 90.5 cm³/mol. The van der Waals surface area contributed by atoms with Gasteiger partial charge in [-0.25, -0.2) is 9.67 Å². The van der Waals surface area contributed by atoms with Gasteiger partial charge in [0.1, 0.15) is 18.4 Å². The van der Waals surface area contributed by atoms with Crippen LogP contribution in [0.3, 0.4) is 0 Å². The standard InChI is InChI=1S/C17H20ClN3O3/c1-12-23-8-17(2,9-24-12)16(22)15(21-11-19-10-20-21)7-13-3-5-14(18)6-4-13/h3-6,10-12,22H,7-9H2,1-2H3/b16-15+. The number of ether oxygens (including phenoxy) is 2. The maximum absolute atomic E-state index is 11.0. The minimum absolute atomic E-state index is 0.190. The van der Waals surface area contributed by atoms with Crippen molar-refractivity contribution in [1.82, 2.24) is 14.8 Å². The molecule has 1 aromatic carbocycles. The molecule has 1 aliphatic rings. The molecule has 1 aromatic heterocycles. The van der Waals surface area contributed by atoms with Crippen LogP contribution in [0.4, 0.5) is 0 Å². The first kappa shape index (κ1) is 17.0. The number of aliphatic hydroxyl groups excluding tert-OH is 1. The van der Waals surface area contributed by atoms with Crippen LogP contribution in [0, 0.1) is 5.41 Å². The second kappa shape index (κ2) is 6.93. The summed E-state index contributed by atoms with van der Waals surface area (Å²) in [5.74, 6) is 0.190. The van der Waals surface area contributed by atoms with E-state index >= 15 is 0 Å². The van der Waals surface area contributed by atoms with Crippen LogP contribution in [-0.4, -0.2) is 39.4 Å². The lowest BCUT2D eigenvalue weighted by Gasteiger charge is -2.36. The molecular formula is C17H20ClN3O3. The van der Waals surface area contributed by atoms with E-state index in [4.69, 9.17) is 21.1 Å². The Morgan fingerprint density at radius 3 is 2.58 bits per heavy atom. The number of aliphatic hydroxyl groups is 1. The normalized spacial score (nSPS) is 25.4. The molecule has 0 radical (unpaired) electrons. The van der Waals surface area contributed by atoms with E-state index in [1.165, 1.54) is 6.33 Å². The second-order valence-corrected chi connectivity index (χ2v) is 6.63. The van der Waals surface area contributed by atoms with E-state index in [2.05, 4.69) is 10.1 Å². The molecule has 6 nitrogen and oxygen atoms in total. The van der Waals surface area contributed by atoms with Crippen LogP contribution in [0.15, 0.2) is 42.7 Å². The molecular weight excluding hydrogens is 330 g/mol. The average molecular weight is 350 g/mol. The van der Waals surface area contributed by atoms with Gasteiger partial charge in [-0.15, -0.1) is 0 Å². The van der Waals surface area contributed by atoms with Crippen LogP contribution >= 0.6 is 11.6 Å². The molecule has 1 fully saturated rings. The first-order chi connectivity index (χ1) is 11.5. The molecule has 0 amide bonds. The number of allylic oxidation sites excluding steroid dienone is 1. The number of halogens is 1. The van der Waals surface area contributed by atoms with Crippen molar-refractivity contribution < 1.29 is 14.6 Å². The summed E-state index contributed by atoms with van der Waals surface area (Å²) in [6, 6.07) is 7.49. The zero-order valence-electron chi connectivity index (χ0n) is 13.6. The zero-order valence-corrected chi connectivity index (χ0v) is 14.4. The van der Waals surface area contributed by atoms with Gasteiger partial charge >= 0.3 is 0 Å². The molecule has 0 bridgehead atoms. The van der Waals surface area contributed by atoms with Gasteiger partial charge in [0.25, 0.3) is 0 Å². The molecule has 24 heavy (non-hydrogen) atoms. The van der Waals surface area contributed by atoms with Gasteiger partial charge in [-0.2, -0.15) is 5.10 Å². The van der Waals surface area contributed by atoms with Crippen LogP contribution in [0.25, 0.3) is 5.70 Å². The molecule has 1 N–H and O–H groups in total. The van der Waals surface area contributed by atoms with E-state index in [0.29, 0.717) is 30.4 Å². The maximum Gasteiger partial charge on any atom is 0.154 e. The maximum atomic E-state index is 11.0. The van der Waals surface area contributed by atoms with Gasteiger partial charge in [-0.3, -0.25) is 0 Å². The molecule has 0 spiro atoms. The molecule has 0 aliphatic carbocycles. The third-order valence-corrected chi connectivity index (χ3v) is 4.35. The van der Waals surface area contributed by atoms with E-state index in [0.717, 1.165) is 5.56 Å². The highest BCUT2D eigenvalue weighted by Gasteiger charge is 2.37. The fraction of sp³-hybridized carbons (Fsp3) is 0.412. The number of rotatable bonds is 4. The SMILES string of the molecule is CC1OCC(C)(/C(O)=C(/Cc2ccc(Cl)cc2)n2cncn2)CO1. The Bertz CT molecular complexity index is 705. The largest absolute Gasteiger partial charge is 0.510 e. The molecule has 2 aromatic rings. The summed E-state index contributed by atoms with van der Waals surface area (Å²) in [5.41, 5.74) is 1.00. The third kappa shape index (κ3) is 3.61. The van der Waals surface area contributed by atoms with E-state index in [-0.39, 0.29) is 12.0 Å². The van der Waals surface area contributed by atoms with Crippen molar-refractivity contribution in [2.45, 2.75) is 26.6 Å². The number of hydrogen-bond donors (Lipinski definition) is 1. The molecule has 0 atom stereocenters. The quantitative estimate of drug-likeness (QED) is 0.858. The zero-order chi connectivity index (χ0) is 17.2. The van der Waals surface area contributed by atoms with E-state index in [1.54, 1.807) is 11.0 Å². The highest BCUT2D eigenvalue weighted by atomic mass is 35.5. The second-order valence-electron chi connectivity index (χ2n) is 6.19. The molecule has 0 unspecified atom stereocenters. The van der Waals surface area contributed by atoms with Crippen molar-refractivity contribution in [3.8, 4) is 0 Å². The number of aromatic nitrogens is 3. The smallest absolute Gasteiger partial charge is 0.154 e. The highest BCUT2D eigenvalue weighted by molar-refractivity contribution is 6.30. The number of nitrogens with zero attached hydrogens (tertiary/aromatic N) is 3. The molecule has 2 heterocycles. The lowest BCUT2D eigenvalue weighted by atomic mass is 9.87. The van der Waals surface area contributed by atoms with Crippen LogP contribution in [0.2, 0.25) is 5.02 Å². The Labute approximate surface area is 145 Å². The first-order valence-electron chi connectivity index (χ1n) is 7.73. The minimum Gasteiger partial charge on any atom is -0.510 e. The lowest BCUT2D eigenvalue weighted by molar-refractivity contribution is -0.213. The van der Waals surface area contributed by atoms with Crippen molar-refractivity contribution >= 4 is 17.3 Å². The summed E-state index contributed by atoms with van der Waals surface area (Å²) in [5, 5.41) is 15.8. The van der Waals surface area contributed by atoms with Gasteiger partial charge in [0, 0.05) is 11.4 Å². The Morgan fingerprint density at radius 1 is 1.33 bits per heavy atom. The van der Waals surface area contributed by atoms with Gasteiger partial charge in [0.05, 0.1) is 24.3 Å². The van der Waals surface area contributed by atoms with Crippen molar-refractivity contribution in [3.05, 3.63) is 53.3 Å². The van der Waals surface area contributed by atoms with Gasteiger partial charge < -0.3 is 14.6 Å². The van der Waals surface area contributed by atoms with Crippen molar-refractivity contribution in [2.24, 2.45) is 5.41 Å². The minimum atomic E-state index is -0.639. The summed E-state index contributed by atoms with van der Waals surface area (Å²) in [4.78, 5) is 3.98. The Morgan fingerprint density at radius 2 is 2.00 bits per heavy atom. The fourth-order valence-corrected chi connectivity index (χ4v) is 2.72. The van der Waals surface area contributed by atoms with Gasteiger partial charge in [-0.05, 0) is 31.5 Å². The molecule has 3 rings (SSSR count). The first-order valence-corrected chi connectivity index (χ1v) is 8.11. The molecule has 0 saturated carbocycles. The summed E-state index contributed by atoms with van der Waals surface area (Å²) in [7, 11) is 0. The van der Waals surface area contributed by atoms with Crippen molar-refractivity contribution in [1.29, 1.82) is 0 Å². The highest BCUT2D eigenvalue weighted by Crippen LogP contribution is 2.34. The van der Waals surface area contributed by atoms with Crippen LogP contribution in [-0.2, 0) is 15.9 Å². The topological polar surface area (TPSA) is 69.4 Å². The van der Waals surface area contributed by atoms with Crippen LogP contribution in [0.5, 0.6) is 0 Å². The monoisotopic (exact) mass is 349 g/mol. The number of hydrogen-bond acceptors (Lipinski definition) is 5. The van der Waals surface area contributed by atoms with Crippen LogP contribution < -0.4 is 0 Å². The van der Waals surface area contributed by atoms with Gasteiger partial charge in [0.15, 0.2) is 6.29 Å². The van der Waals surface area contributed by atoms with Crippen LogP contribution in [0.1, 0.15) is 19.4 Å². The number of benzene rings is 1. The molecule has 7 heteroatoms. The summed E-state index contributed by atoms with van der Waals surface area (Å²) in [6.45, 7) is 4.50. The van der Waals surface area contributed by atoms with Gasteiger partial charge in [-0.1, -0.05) is 23.7 Å². The Balaban J connectivity index is 1.96. The van der Waals surface area contributed by atoms with E-state index in [9.17, 15) is 5.11 Å². The third-order valence-electron chi connectivity index (χ3n) is 4.10. The van der Waals surface area contributed by atoms with E-state index < -0.39 is 5.41 Å². The van der Waals surface area contributed by atoms with Gasteiger partial charge in [0.2, 0.25) is 0 Å². The van der Waals surface area contributed by atoms with Crippen molar-refractivity contribution in [3.63, 3.8) is 0 Å². The summed E-state index contributed by atoms with van der Waals surface area (Å²) in [6.07, 6.45) is 3.22. The molecule has 1 aliphatic heterocycles. The fourth-order valence-electron chi connectivity index (χ4n) is 2.59. The Hall–Kier alpha value is -1.89. The molecule has 1 saturated heterocycles. The lowest BCUT2D eigenvalue weighted by Crippen LogP contribution is -2.40. The van der Waals surface area contributed by atoms with E-state index in [1.807, 2.05) is 38.1 Å². The average Bonchev–Trinajstić information content (AvgIpc) is 3.11. The summed E-state index contributed by atoms with van der Waals surface area (Å²) >= 11 is 5.95. The van der Waals surface area contributed by atoms with Crippen molar-refractivity contribution in [2.75, 3.05) is 13.2 Å². The summed E-state index contributed by atoms with van der Waals surface area (Å²) < 4.78 is 12.7. The predicted octanol–water partition coefficient (Wildman–Crippen LogP) is 3.30. The molecule has 128 valence electrons. The Kier molecular flexibility index (Phi) is 4.89.